The molecule has 1 aromatic rings. The molecule has 0 aliphatic rings. The lowest BCUT2D eigenvalue weighted by Crippen LogP contribution is -2.22. The van der Waals surface area contributed by atoms with Crippen molar-refractivity contribution in [2.75, 3.05) is 31.2 Å². The van der Waals surface area contributed by atoms with Gasteiger partial charge in [0.1, 0.15) is 0 Å². The fourth-order valence-corrected chi connectivity index (χ4v) is 2.52. The Morgan fingerprint density at radius 1 is 1.30 bits per heavy atom. The molecule has 1 amide bonds. The highest BCUT2D eigenvalue weighted by Crippen LogP contribution is 2.32. The Bertz CT molecular complexity index is 443. The highest BCUT2D eigenvalue weighted by atomic mass is 35.5. The SMILES string of the molecule is CCCN(C)CCCC(=O)Nc1c(Cl)cc(N)cc1Cl. The molecule has 6 heteroatoms. The lowest BCUT2D eigenvalue weighted by atomic mass is 10.2. The smallest absolute Gasteiger partial charge is 0.224 e. The molecule has 0 heterocycles. The number of hydrogen-bond acceptors (Lipinski definition) is 3. The molecule has 0 fully saturated rings. The van der Waals surface area contributed by atoms with E-state index in [0.717, 1.165) is 25.9 Å². The van der Waals surface area contributed by atoms with Crippen molar-refractivity contribution in [2.24, 2.45) is 0 Å². The molecule has 112 valence electrons. The van der Waals surface area contributed by atoms with Crippen molar-refractivity contribution in [3.05, 3.63) is 22.2 Å². The minimum absolute atomic E-state index is 0.0940. The van der Waals surface area contributed by atoms with Crippen LogP contribution in [-0.2, 0) is 4.79 Å². The van der Waals surface area contributed by atoms with E-state index < -0.39 is 0 Å². The average molecular weight is 318 g/mol. The van der Waals surface area contributed by atoms with E-state index in [1.807, 2.05) is 0 Å². The van der Waals surface area contributed by atoms with Crippen molar-refractivity contribution in [1.29, 1.82) is 0 Å². The Kier molecular flexibility index (Phi) is 7.13. The summed E-state index contributed by atoms with van der Waals surface area (Å²) in [5, 5.41) is 3.44. The van der Waals surface area contributed by atoms with Crippen molar-refractivity contribution in [2.45, 2.75) is 26.2 Å². The molecule has 0 atom stereocenters. The zero-order valence-electron chi connectivity index (χ0n) is 11.9. The van der Waals surface area contributed by atoms with Crippen LogP contribution in [0.15, 0.2) is 12.1 Å². The maximum atomic E-state index is 11.9. The second-order valence-electron chi connectivity index (χ2n) is 4.81. The number of benzene rings is 1. The average Bonchev–Trinajstić information content (AvgIpc) is 2.34. The van der Waals surface area contributed by atoms with Gasteiger partial charge in [-0.25, -0.2) is 0 Å². The fraction of sp³-hybridized carbons (Fsp3) is 0.500. The van der Waals surface area contributed by atoms with Crippen LogP contribution in [-0.4, -0.2) is 30.9 Å². The highest BCUT2D eigenvalue weighted by Gasteiger charge is 2.11. The lowest BCUT2D eigenvalue weighted by Gasteiger charge is -2.15. The van der Waals surface area contributed by atoms with Gasteiger partial charge in [-0.15, -0.1) is 0 Å². The number of hydrogen-bond donors (Lipinski definition) is 2. The fourth-order valence-electron chi connectivity index (χ4n) is 1.92. The third-order valence-electron chi connectivity index (χ3n) is 2.88. The van der Waals surface area contributed by atoms with E-state index >= 15 is 0 Å². The molecule has 0 radical (unpaired) electrons. The van der Waals surface area contributed by atoms with Gasteiger partial charge in [0.05, 0.1) is 15.7 Å². The lowest BCUT2D eigenvalue weighted by molar-refractivity contribution is -0.116. The Morgan fingerprint density at radius 3 is 2.45 bits per heavy atom. The quantitative estimate of drug-likeness (QED) is 0.755. The zero-order valence-corrected chi connectivity index (χ0v) is 13.4. The van der Waals surface area contributed by atoms with Crippen LogP contribution in [0.3, 0.4) is 0 Å². The van der Waals surface area contributed by atoms with Crippen LogP contribution in [0.1, 0.15) is 26.2 Å². The van der Waals surface area contributed by atoms with E-state index in [-0.39, 0.29) is 5.91 Å². The number of amides is 1. The van der Waals surface area contributed by atoms with E-state index in [1.54, 1.807) is 12.1 Å². The van der Waals surface area contributed by atoms with E-state index in [9.17, 15) is 4.79 Å². The second kappa shape index (κ2) is 8.35. The summed E-state index contributed by atoms with van der Waals surface area (Å²) in [6.07, 6.45) is 2.34. The molecule has 0 saturated carbocycles. The van der Waals surface area contributed by atoms with Crippen LogP contribution >= 0.6 is 23.2 Å². The first-order chi connectivity index (χ1) is 9.43. The molecule has 0 bridgehead atoms. The van der Waals surface area contributed by atoms with E-state index in [1.165, 1.54) is 0 Å². The Balaban J connectivity index is 2.47. The maximum absolute atomic E-state index is 11.9. The number of nitrogen functional groups attached to an aromatic ring is 1. The molecular weight excluding hydrogens is 297 g/mol. The molecule has 3 N–H and O–H groups in total. The van der Waals surface area contributed by atoms with Gasteiger partial charge >= 0.3 is 0 Å². The molecule has 20 heavy (non-hydrogen) atoms. The van der Waals surface area contributed by atoms with Crippen LogP contribution in [0.5, 0.6) is 0 Å². The Morgan fingerprint density at radius 2 is 1.90 bits per heavy atom. The van der Waals surface area contributed by atoms with Gasteiger partial charge in [0.2, 0.25) is 5.91 Å². The van der Waals surface area contributed by atoms with E-state index in [4.69, 9.17) is 28.9 Å². The number of carbonyl (C=O) groups is 1. The van der Waals surface area contributed by atoms with Gasteiger partial charge in [-0.3, -0.25) is 4.79 Å². The highest BCUT2D eigenvalue weighted by molar-refractivity contribution is 6.40. The summed E-state index contributed by atoms with van der Waals surface area (Å²) in [4.78, 5) is 14.1. The minimum Gasteiger partial charge on any atom is -0.399 e. The Labute approximate surface area is 130 Å². The van der Waals surface area contributed by atoms with Crippen molar-refractivity contribution in [3.63, 3.8) is 0 Å². The van der Waals surface area contributed by atoms with E-state index in [0.29, 0.717) is 27.8 Å². The molecule has 1 aromatic carbocycles. The van der Waals surface area contributed by atoms with Gasteiger partial charge in [-0.05, 0) is 45.1 Å². The van der Waals surface area contributed by atoms with Crippen LogP contribution in [0.2, 0.25) is 10.0 Å². The van der Waals surface area contributed by atoms with Crippen LogP contribution in [0, 0.1) is 0 Å². The predicted molar refractivity (Wildman–Crippen MR) is 86.5 cm³/mol. The largest absolute Gasteiger partial charge is 0.399 e. The molecule has 4 nitrogen and oxygen atoms in total. The first-order valence-electron chi connectivity index (χ1n) is 6.67. The summed E-state index contributed by atoms with van der Waals surface area (Å²) in [5.41, 5.74) is 6.51. The molecular formula is C14H21Cl2N3O. The standard InChI is InChI=1S/C14H21Cl2N3O/c1-3-6-19(2)7-4-5-13(20)18-14-11(15)8-10(17)9-12(14)16/h8-9H,3-7,17H2,1-2H3,(H,18,20). The summed E-state index contributed by atoms with van der Waals surface area (Å²) < 4.78 is 0. The molecule has 0 spiro atoms. The van der Waals surface area contributed by atoms with Gasteiger partial charge in [0.25, 0.3) is 0 Å². The van der Waals surface area contributed by atoms with Crippen LogP contribution < -0.4 is 11.1 Å². The molecule has 0 aliphatic heterocycles. The monoisotopic (exact) mass is 317 g/mol. The number of carbonyl (C=O) groups excluding carboxylic acids is 1. The van der Waals surface area contributed by atoms with Crippen molar-refractivity contribution in [1.82, 2.24) is 4.90 Å². The first kappa shape index (κ1) is 17.1. The summed E-state index contributed by atoms with van der Waals surface area (Å²) in [7, 11) is 2.05. The summed E-state index contributed by atoms with van der Waals surface area (Å²) in [6.45, 7) is 4.07. The van der Waals surface area contributed by atoms with Crippen molar-refractivity contribution in [3.8, 4) is 0 Å². The van der Waals surface area contributed by atoms with Crippen molar-refractivity contribution < 1.29 is 4.79 Å². The number of nitrogens with two attached hydrogens (primary N) is 1. The number of halogens is 2. The third kappa shape index (κ3) is 5.57. The first-order valence-corrected chi connectivity index (χ1v) is 7.42. The van der Waals surface area contributed by atoms with E-state index in [2.05, 4.69) is 24.2 Å². The van der Waals surface area contributed by atoms with Crippen LogP contribution in [0.25, 0.3) is 0 Å². The maximum Gasteiger partial charge on any atom is 0.224 e. The molecule has 1 rings (SSSR count). The Hall–Kier alpha value is -0.970. The summed E-state index contributed by atoms with van der Waals surface area (Å²) in [5.74, 6) is -0.0940. The van der Waals surface area contributed by atoms with Gasteiger partial charge in [-0.1, -0.05) is 30.1 Å². The normalized spacial score (nSPS) is 10.8. The summed E-state index contributed by atoms with van der Waals surface area (Å²) in [6, 6.07) is 3.14. The van der Waals surface area contributed by atoms with Gasteiger partial charge < -0.3 is 16.0 Å². The molecule has 0 unspecified atom stereocenters. The topological polar surface area (TPSA) is 58.4 Å². The third-order valence-corrected chi connectivity index (χ3v) is 3.47. The van der Waals surface area contributed by atoms with Gasteiger partial charge in [0.15, 0.2) is 0 Å². The molecule has 0 aliphatic carbocycles. The predicted octanol–water partition coefficient (Wildman–Crippen LogP) is 3.64. The molecule has 0 aromatic heterocycles. The minimum atomic E-state index is -0.0940. The zero-order chi connectivity index (χ0) is 15.1. The van der Waals surface area contributed by atoms with Gasteiger partial charge in [0, 0.05) is 12.1 Å². The summed E-state index contributed by atoms with van der Waals surface area (Å²) >= 11 is 12.0. The molecule has 0 saturated heterocycles. The number of anilines is 2. The van der Waals surface area contributed by atoms with Gasteiger partial charge in [-0.2, -0.15) is 0 Å². The number of nitrogens with one attached hydrogen (secondary N) is 1. The van der Waals surface area contributed by atoms with Crippen molar-refractivity contribution >= 4 is 40.5 Å². The second-order valence-corrected chi connectivity index (χ2v) is 5.63. The van der Waals surface area contributed by atoms with Crippen LogP contribution in [0.4, 0.5) is 11.4 Å². The number of nitrogens with zero attached hydrogens (tertiary/aromatic N) is 1. The number of rotatable bonds is 7.